The number of hydrogen-bond donors (Lipinski definition) is 3. The number of carboxylic acid groups (broad SMARTS) is 1. The van der Waals surface area contributed by atoms with Gasteiger partial charge < -0.3 is 15.7 Å². The molecule has 2 amide bonds. The second-order valence-electron chi connectivity index (χ2n) is 3.53. The molecule has 3 N–H and O–H groups in total. The lowest BCUT2D eigenvalue weighted by atomic mass is 10.2. The number of urea groups is 1. The van der Waals surface area contributed by atoms with Gasteiger partial charge in [0.25, 0.3) is 0 Å². The number of amides is 2. The van der Waals surface area contributed by atoms with Crippen molar-refractivity contribution >= 4 is 45.2 Å². The highest BCUT2D eigenvalue weighted by Gasteiger charge is 2.17. The van der Waals surface area contributed by atoms with E-state index in [-0.39, 0.29) is 0 Å². The molecule has 5 nitrogen and oxygen atoms in total. The lowest BCUT2D eigenvalue weighted by molar-refractivity contribution is -0.139. The van der Waals surface area contributed by atoms with Crippen molar-refractivity contribution < 1.29 is 14.7 Å². The molecule has 1 aromatic carbocycles. The number of anilines is 1. The predicted molar refractivity (Wildman–Crippen MR) is 73.0 cm³/mol. The molecule has 0 radical (unpaired) electrons. The van der Waals surface area contributed by atoms with Crippen molar-refractivity contribution in [3.8, 4) is 0 Å². The van der Waals surface area contributed by atoms with E-state index in [1.807, 2.05) is 0 Å². The zero-order chi connectivity index (χ0) is 13.7. The van der Waals surface area contributed by atoms with E-state index < -0.39 is 18.0 Å². The summed E-state index contributed by atoms with van der Waals surface area (Å²) in [5, 5.41) is 14.2. The molecule has 0 aliphatic carbocycles. The van der Waals surface area contributed by atoms with Crippen LogP contribution in [0.1, 0.15) is 13.3 Å². The highest BCUT2D eigenvalue weighted by molar-refractivity contribution is 9.10. The Morgan fingerprint density at radius 2 is 2.17 bits per heavy atom. The summed E-state index contributed by atoms with van der Waals surface area (Å²) in [6.07, 6.45) is 0.313. The van der Waals surface area contributed by atoms with E-state index in [4.69, 9.17) is 16.7 Å². The second-order valence-corrected chi connectivity index (χ2v) is 4.79. The minimum Gasteiger partial charge on any atom is -0.480 e. The minimum atomic E-state index is -1.06. The smallest absolute Gasteiger partial charge is 0.326 e. The zero-order valence-electron chi connectivity index (χ0n) is 9.54. The molecule has 98 valence electrons. The molecule has 0 aliphatic rings. The summed E-state index contributed by atoms with van der Waals surface area (Å²) in [7, 11) is 0. The number of aliphatic carboxylic acids is 1. The number of hydrogen-bond acceptors (Lipinski definition) is 2. The molecule has 0 saturated heterocycles. The summed E-state index contributed by atoms with van der Waals surface area (Å²) in [6, 6.07) is 3.40. The first-order valence-electron chi connectivity index (χ1n) is 5.19. The zero-order valence-corrected chi connectivity index (χ0v) is 11.9. The number of carbonyl (C=O) groups is 2. The van der Waals surface area contributed by atoms with Crippen molar-refractivity contribution in [1.82, 2.24) is 5.32 Å². The van der Waals surface area contributed by atoms with E-state index in [1.165, 1.54) is 0 Å². The third-order valence-electron chi connectivity index (χ3n) is 2.19. The molecular formula is C11H12BrClN2O3. The summed E-state index contributed by atoms with van der Waals surface area (Å²) in [5.41, 5.74) is 0.518. The van der Waals surface area contributed by atoms with Crippen LogP contribution < -0.4 is 10.6 Å². The average molecular weight is 336 g/mol. The van der Waals surface area contributed by atoms with Crippen molar-refractivity contribution in [3.05, 3.63) is 27.7 Å². The average Bonchev–Trinajstić information content (AvgIpc) is 2.30. The largest absolute Gasteiger partial charge is 0.480 e. The van der Waals surface area contributed by atoms with Crippen LogP contribution in [0.2, 0.25) is 5.02 Å². The van der Waals surface area contributed by atoms with Crippen molar-refractivity contribution in [2.45, 2.75) is 19.4 Å². The lowest BCUT2D eigenvalue weighted by Gasteiger charge is -2.13. The highest BCUT2D eigenvalue weighted by atomic mass is 79.9. The fraction of sp³-hybridized carbons (Fsp3) is 0.273. The van der Waals surface area contributed by atoms with Crippen LogP contribution in [0.25, 0.3) is 0 Å². The van der Waals surface area contributed by atoms with E-state index in [2.05, 4.69) is 26.6 Å². The normalized spacial score (nSPS) is 11.7. The van der Waals surface area contributed by atoms with Gasteiger partial charge in [-0.1, -0.05) is 18.5 Å². The van der Waals surface area contributed by atoms with Crippen molar-refractivity contribution in [2.24, 2.45) is 0 Å². The van der Waals surface area contributed by atoms with Gasteiger partial charge in [-0.2, -0.15) is 0 Å². The summed E-state index contributed by atoms with van der Waals surface area (Å²) in [4.78, 5) is 22.3. The molecule has 0 unspecified atom stereocenters. The molecule has 0 heterocycles. The molecule has 0 saturated carbocycles. The number of halogens is 2. The molecule has 0 spiro atoms. The Bertz CT molecular complexity index is 468. The Morgan fingerprint density at radius 1 is 1.50 bits per heavy atom. The Kier molecular flexibility index (Phi) is 5.43. The molecule has 1 atom stereocenters. The number of nitrogens with one attached hydrogen (secondary N) is 2. The molecule has 0 aliphatic heterocycles. The van der Waals surface area contributed by atoms with Crippen molar-refractivity contribution in [1.29, 1.82) is 0 Å². The van der Waals surface area contributed by atoms with Gasteiger partial charge in [0, 0.05) is 10.2 Å². The number of carbonyl (C=O) groups excluding carboxylic acids is 1. The van der Waals surface area contributed by atoms with E-state index >= 15 is 0 Å². The maximum absolute atomic E-state index is 11.5. The maximum atomic E-state index is 11.5. The summed E-state index contributed by atoms with van der Waals surface area (Å²) >= 11 is 9.04. The summed E-state index contributed by atoms with van der Waals surface area (Å²) < 4.78 is 0.646. The van der Waals surface area contributed by atoms with Gasteiger partial charge in [-0.25, -0.2) is 9.59 Å². The third kappa shape index (κ3) is 4.19. The van der Waals surface area contributed by atoms with Crippen LogP contribution in [-0.4, -0.2) is 23.1 Å². The van der Waals surface area contributed by atoms with Crippen LogP contribution in [0.4, 0.5) is 10.5 Å². The predicted octanol–water partition coefficient (Wildman–Crippen LogP) is 3.09. The first kappa shape index (κ1) is 14.8. The molecular weight excluding hydrogens is 323 g/mol. The standard InChI is InChI=1S/C11H12BrClN2O3/c1-2-9(10(16)17)15-11(18)14-6-3-4-8(13)7(12)5-6/h3-5,9H,2H2,1H3,(H,16,17)(H2,14,15,18)/t9-/m1/s1. The van der Waals surface area contributed by atoms with Gasteiger partial charge in [0.05, 0.1) is 5.02 Å². The van der Waals surface area contributed by atoms with Gasteiger partial charge in [-0.05, 0) is 40.5 Å². The van der Waals surface area contributed by atoms with E-state index in [1.54, 1.807) is 25.1 Å². The van der Waals surface area contributed by atoms with Crippen LogP contribution in [0, 0.1) is 0 Å². The first-order chi connectivity index (χ1) is 8.43. The Balaban J connectivity index is 2.64. The van der Waals surface area contributed by atoms with Crippen molar-refractivity contribution in [3.63, 3.8) is 0 Å². The molecule has 0 bridgehead atoms. The Labute approximate surface area is 118 Å². The quantitative estimate of drug-likeness (QED) is 0.791. The molecule has 18 heavy (non-hydrogen) atoms. The molecule has 0 aromatic heterocycles. The number of carboxylic acids is 1. The van der Waals surface area contributed by atoms with Gasteiger partial charge in [-0.15, -0.1) is 0 Å². The first-order valence-corrected chi connectivity index (χ1v) is 6.36. The minimum absolute atomic E-state index is 0.313. The third-order valence-corrected chi connectivity index (χ3v) is 3.40. The van der Waals surface area contributed by atoms with E-state index in [0.717, 1.165) is 0 Å². The van der Waals surface area contributed by atoms with Crippen LogP contribution in [0.3, 0.4) is 0 Å². The van der Waals surface area contributed by atoms with Crippen LogP contribution in [-0.2, 0) is 4.79 Å². The van der Waals surface area contributed by atoms with Crippen molar-refractivity contribution in [2.75, 3.05) is 5.32 Å². The van der Waals surface area contributed by atoms with E-state index in [9.17, 15) is 9.59 Å². The number of benzene rings is 1. The topological polar surface area (TPSA) is 78.4 Å². The van der Waals surface area contributed by atoms with Crippen LogP contribution in [0.5, 0.6) is 0 Å². The summed E-state index contributed by atoms with van der Waals surface area (Å²) in [5.74, 6) is -1.06. The lowest BCUT2D eigenvalue weighted by Crippen LogP contribution is -2.42. The summed E-state index contributed by atoms with van der Waals surface area (Å²) in [6.45, 7) is 1.68. The fourth-order valence-corrected chi connectivity index (χ4v) is 1.73. The monoisotopic (exact) mass is 334 g/mol. The molecule has 1 rings (SSSR count). The highest BCUT2D eigenvalue weighted by Crippen LogP contribution is 2.25. The Morgan fingerprint density at radius 3 is 2.67 bits per heavy atom. The van der Waals surface area contributed by atoms with E-state index in [0.29, 0.717) is 21.6 Å². The molecule has 0 fully saturated rings. The van der Waals surface area contributed by atoms with Gasteiger partial charge >= 0.3 is 12.0 Å². The van der Waals surface area contributed by atoms with Gasteiger partial charge in [0.2, 0.25) is 0 Å². The molecule has 7 heteroatoms. The van der Waals surface area contributed by atoms with Crippen LogP contribution >= 0.6 is 27.5 Å². The molecule has 1 aromatic rings. The second kappa shape index (κ2) is 6.61. The van der Waals surface area contributed by atoms with Crippen LogP contribution in [0.15, 0.2) is 22.7 Å². The van der Waals surface area contributed by atoms with Gasteiger partial charge in [0.15, 0.2) is 0 Å². The Hall–Kier alpha value is -1.27. The fourth-order valence-electron chi connectivity index (χ4n) is 1.24. The van der Waals surface area contributed by atoms with Gasteiger partial charge in [0.1, 0.15) is 6.04 Å². The SMILES string of the molecule is CC[C@@H](NC(=O)Nc1ccc(Cl)c(Br)c1)C(=O)O. The van der Waals surface area contributed by atoms with Gasteiger partial charge in [-0.3, -0.25) is 0 Å². The maximum Gasteiger partial charge on any atom is 0.326 e. The number of rotatable bonds is 4.